The lowest BCUT2D eigenvalue weighted by Crippen LogP contribution is -2.61. The maximum atomic E-state index is 14.4. The van der Waals surface area contributed by atoms with Crippen molar-refractivity contribution in [2.45, 2.75) is 28.5 Å². The highest BCUT2D eigenvalue weighted by atomic mass is 79.9. The van der Waals surface area contributed by atoms with E-state index in [1.54, 1.807) is 6.07 Å². The van der Waals surface area contributed by atoms with Gasteiger partial charge < -0.3 is 0 Å². The van der Waals surface area contributed by atoms with Gasteiger partial charge in [0.25, 0.3) is 0 Å². The largest absolute Gasteiger partial charge is 0.461 e. The summed E-state index contributed by atoms with van der Waals surface area (Å²) in [5, 5.41) is 2.64. The van der Waals surface area contributed by atoms with Crippen LogP contribution in [0, 0.1) is 17.8 Å². The topological polar surface area (TPSA) is 57.9 Å². The van der Waals surface area contributed by atoms with Crippen molar-refractivity contribution < 1.29 is 39.2 Å². The zero-order chi connectivity index (χ0) is 23.2. The molecule has 0 fully saturated rings. The van der Waals surface area contributed by atoms with Crippen LogP contribution in [0.2, 0.25) is 0 Å². The summed E-state index contributed by atoms with van der Waals surface area (Å²) in [6, 6.07) is 6.78. The summed E-state index contributed by atoms with van der Waals surface area (Å²) in [4.78, 5) is 0. The average Bonchev–Trinajstić information content (AvgIpc) is 2.59. The summed E-state index contributed by atoms with van der Waals surface area (Å²) < 4.78 is 116. The molecular weight excluding hydrogens is 575 g/mol. The molecule has 0 amide bonds. The quantitative estimate of drug-likeness (QED) is 0.411. The van der Waals surface area contributed by atoms with Crippen LogP contribution >= 0.6 is 31.9 Å². The normalized spacial score (nSPS) is 17.7. The lowest BCUT2D eigenvalue weighted by atomic mass is 9.92. The number of nitrogens with zero attached hydrogens (tertiary/aromatic N) is 1. The average molecular weight is 584 g/mol. The van der Waals surface area contributed by atoms with Crippen LogP contribution in [0.4, 0.5) is 30.7 Å². The van der Waals surface area contributed by atoms with Crippen molar-refractivity contribution in [1.29, 1.82) is 5.26 Å². The Morgan fingerprint density at radius 1 is 0.967 bits per heavy atom. The Labute approximate surface area is 183 Å². The molecule has 163 valence electrons. The molecule has 0 spiro atoms. The molecule has 0 unspecified atom stereocenters. The van der Waals surface area contributed by atoms with E-state index in [9.17, 15) is 39.2 Å². The minimum absolute atomic E-state index is 0.148. The molecule has 1 aromatic rings. The smallest absolute Gasteiger partial charge is 0.221 e. The number of sulfone groups is 1. The highest BCUT2D eigenvalue weighted by molar-refractivity contribution is 9.12. The van der Waals surface area contributed by atoms with Crippen LogP contribution in [-0.4, -0.2) is 30.5 Å². The van der Waals surface area contributed by atoms with Gasteiger partial charge >= 0.3 is 17.4 Å². The predicted octanol–water partition coefficient (Wildman–Crippen LogP) is 5.82. The molecule has 1 aliphatic carbocycles. The van der Waals surface area contributed by atoms with Crippen LogP contribution in [-0.2, 0) is 16.3 Å². The minimum atomic E-state index is -6.87. The lowest BCUT2D eigenvalue weighted by molar-refractivity contribution is -0.332. The van der Waals surface area contributed by atoms with Crippen LogP contribution in [0.1, 0.15) is 11.1 Å². The Bertz CT molecular complexity index is 1040. The van der Waals surface area contributed by atoms with E-state index in [0.29, 0.717) is 12.2 Å². The molecule has 0 heterocycles. The molecule has 13 heteroatoms. The number of alkyl halides is 7. The molecule has 30 heavy (non-hydrogen) atoms. The first-order valence-electron chi connectivity index (χ1n) is 7.68. The number of rotatable bonds is 5. The van der Waals surface area contributed by atoms with E-state index in [1.807, 2.05) is 0 Å². The molecule has 0 bridgehead atoms. The van der Waals surface area contributed by atoms with Crippen molar-refractivity contribution >= 4 is 41.7 Å². The van der Waals surface area contributed by atoms with Gasteiger partial charge in [0.1, 0.15) is 4.75 Å². The van der Waals surface area contributed by atoms with Gasteiger partial charge in [-0.1, -0.05) is 50.1 Å². The van der Waals surface area contributed by atoms with Crippen LogP contribution < -0.4 is 0 Å². The number of allylic oxidation sites excluding steroid dienone is 2. The standard InChI is InChI=1S/C17H9Br2F7NO2S/c18-12-5-13(19)8-14(7-12,6-10-3-1-2-4-11(10)9-27)30(28,29)17(25,26)15(20,21)16(22,23)24/h1-5,7-8H,6H2. The zero-order valence-electron chi connectivity index (χ0n) is 14.3. The highest BCUT2D eigenvalue weighted by Gasteiger charge is 2.80. The summed E-state index contributed by atoms with van der Waals surface area (Å²) in [7, 11) is -6.60. The second-order valence-electron chi connectivity index (χ2n) is 6.20. The van der Waals surface area contributed by atoms with E-state index < -0.39 is 38.4 Å². The second-order valence-corrected chi connectivity index (χ2v) is 10.3. The highest BCUT2D eigenvalue weighted by Crippen LogP contribution is 2.54. The Kier molecular flexibility index (Phi) is 6.59. The van der Waals surface area contributed by atoms with Crippen LogP contribution in [0.25, 0.3) is 0 Å². The van der Waals surface area contributed by atoms with E-state index >= 15 is 0 Å². The first-order chi connectivity index (χ1) is 13.5. The summed E-state index contributed by atoms with van der Waals surface area (Å²) in [6.45, 7) is 0. The third-order valence-corrected chi connectivity index (χ3v) is 7.43. The van der Waals surface area contributed by atoms with Crippen molar-refractivity contribution in [3.8, 4) is 6.07 Å². The zero-order valence-corrected chi connectivity index (χ0v) is 18.3. The van der Waals surface area contributed by atoms with Crippen LogP contribution in [0.5, 0.6) is 0 Å². The summed E-state index contributed by atoms with van der Waals surface area (Å²) in [5.41, 5.74) is -0.314. The van der Waals surface area contributed by atoms with Crippen molar-refractivity contribution in [3.63, 3.8) is 0 Å². The fourth-order valence-corrected chi connectivity index (χ4v) is 6.49. The van der Waals surface area contributed by atoms with Crippen LogP contribution in [0.3, 0.4) is 0 Å². The minimum Gasteiger partial charge on any atom is -0.221 e. The van der Waals surface area contributed by atoms with Crippen molar-refractivity contribution in [2.75, 3.05) is 0 Å². The number of nitriles is 1. The summed E-state index contributed by atoms with van der Waals surface area (Å²) >= 11 is 5.71. The monoisotopic (exact) mass is 582 g/mol. The predicted molar refractivity (Wildman–Crippen MR) is 101 cm³/mol. The Balaban J connectivity index is 2.82. The molecule has 1 aliphatic rings. The van der Waals surface area contributed by atoms with Crippen molar-refractivity contribution in [1.82, 2.24) is 0 Å². The van der Waals surface area contributed by atoms with Crippen molar-refractivity contribution in [2.24, 2.45) is 0 Å². The number of halogens is 9. The summed E-state index contributed by atoms with van der Waals surface area (Å²) in [5.74, 6) is -6.87. The second kappa shape index (κ2) is 7.94. The molecule has 1 radical (unpaired) electrons. The molecule has 3 nitrogen and oxygen atoms in total. The van der Waals surface area contributed by atoms with Gasteiger partial charge in [-0.3, -0.25) is 0 Å². The molecule has 1 aromatic carbocycles. The van der Waals surface area contributed by atoms with Crippen LogP contribution in [0.15, 0.2) is 45.4 Å². The Morgan fingerprint density at radius 3 is 1.93 bits per heavy atom. The van der Waals surface area contributed by atoms with E-state index in [-0.39, 0.29) is 20.1 Å². The third-order valence-electron chi connectivity index (χ3n) is 4.20. The Hall–Kier alpha value is -1.39. The molecule has 0 saturated heterocycles. The first kappa shape index (κ1) is 24.9. The van der Waals surface area contributed by atoms with Gasteiger partial charge in [-0.25, -0.2) is 8.42 Å². The van der Waals surface area contributed by atoms with E-state index in [0.717, 1.165) is 0 Å². The summed E-state index contributed by atoms with van der Waals surface area (Å²) in [6.07, 6.45) is -5.48. The molecule has 0 aliphatic heterocycles. The molecule has 0 atom stereocenters. The van der Waals surface area contributed by atoms with E-state index in [4.69, 9.17) is 5.26 Å². The van der Waals surface area contributed by atoms with E-state index in [2.05, 4.69) is 31.9 Å². The number of hydrogen-bond donors (Lipinski definition) is 0. The van der Waals surface area contributed by atoms with E-state index in [1.165, 1.54) is 30.7 Å². The fourth-order valence-electron chi connectivity index (χ4n) is 2.73. The van der Waals surface area contributed by atoms with Crippen molar-refractivity contribution in [3.05, 3.63) is 62.9 Å². The van der Waals surface area contributed by atoms with Gasteiger partial charge in [-0.15, -0.1) is 0 Å². The van der Waals surface area contributed by atoms with Gasteiger partial charge in [-0.05, 0) is 23.8 Å². The molecule has 2 rings (SSSR count). The SMILES string of the molecule is N#Cc1ccccc1CC1(S(=O)(=O)C(F)(F)C(F)(F)C(F)(F)F)C=C(Br)[CH]C(Br)=C1. The first-order valence-corrected chi connectivity index (χ1v) is 10.8. The van der Waals surface area contributed by atoms with Gasteiger partial charge in [-0.2, -0.15) is 36.0 Å². The molecular formula is C17H9Br2F7NO2S. The molecule has 0 N–H and O–H groups in total. The van der Waals surface area contributed by atoms with Gasteiger partial charge in [0.05, 0.1) is 11.6 Å². The molecule has 0 aromatic heterocycles. The fraction of sp³-hybridized carbons (Fsp3) is 0.294. The van der Waals surface area contributed by atoms with Gasteiger partial charge in [0, 0.05) is 21.8 Å². The Morgan fingerprint density at radius 2 is 1.47 bits per heavy atom. The molecule has 0 saturated carbocycles. The third kappa shape index (κ3) is 3.93. The van der Waals surface area contributed by atoms with Gasteiger partial charge in [0.2, 0.25) is 9.84 Å². The van der Waals surface area contributed by atoms with Gasteiger partial charge in [0.15, 0.2) is 0 Å². The lowest BCUT2D eigenvalue weighted by Gasteiger charge is -2.37. The number of hydrogen-bond acceptors (Lipinski definition) is 3. The maximum Gasteiger partial charge on any atom is 0.461 e. The number of benzene rings is 1. The maximum absolute atomic E-state index is 14.4.